The molecule has 1 atom stereocenters. The average Bonchev–Trinajstić information content (AvgIpc) is 3.18. The summed E-state index contributed by atoms with van der Waals surface area (Å²) in [6, 6.07) is 10.4. The Kier molecular flexibility index (Phi) is 3.93. The number of hydrogen-bond acceptors (Lipinski definition) is 3. The summed E-state index contributed by atoms with van der Waals surface area (Å²) in [6.07, 6.45) is 1.82. The zero-order valence-electron chi connectivity index (χ0n) is 11.9. The van der Waals surface area contributed by atoms with Crippen molar-refractivity contribution < 1.29 is 9.59 Å². The predicted octanol–water partition coefficient (Wildman–Crippen LogP) is 2.99. The lowest BCUT2D eigenvalue weighted by molar-refractivity contribution is -0.117. The van der Waals surface area contributed by atoms with Crippen molar-refractivity contribution in [2.45, 2.75) is 13.0 Å². The molecule has 0 saturated carbocycles. The van der Waals surface area contributed by atoms with E-state index in [2.05, 4.69) is 15.6 Å². The third kappa shape index (κ3) is 2.87. The number of aromatic nitrogens is 1. The number of anilines is 1. The maximum atomic E-state index is 12.3. The Morgan fingerprint density at radius 1 is 1.18 bits per heavy atom. The van der Waals surface area contributed by atoms with Crippen LogP contribution >= 0.6 is 11.3 Å². The van der Waals surface area contributed by atoms with Crippen LogP contribution in [0, 0.1) is 0 Å². The first-order chi connectivity index (χ1) is 10.6. The van der Waals surface area contributed by atoms with E-state index in [9.17, 15) is 9.59 Å². The smallest absolute Gasteiger partial charge is 0.261 e. The SMILES string of the molecule is CC(NC(=O)c1cccs1)C(=O)Nc1cccc2[nH]ccc12. The van der Waals surface area contributed by atoms with E-state index in [4.69, 9.17) is 0 Å². The van der Waals surface area contributed by atoms with E-state index in [1.807, 2.05) is 35.8 Å². The molecule has 0 aliphatic carbocycles. The number of aromatic amines is 1. The number of rotatable bonds is 4. The Morgan fingerprint density at radius 3 is 2.82 bits per heavy atom. The molecule has 3 N–H and O–H groups in total. The van der Waals surface area contributed by atoms with E-state index in [-0.39, 0.29) is 11.8 Å². The number of fused-ring (bicyclic) bond motifs is 1. The highest BCUT2D eigenvalue weighted by atomic mass is 32.1. The molecule has 2 aromatic heterocycles. The number of H-pyrrole nitrogens is 1. The van der Waals surface area contributed by atoms with Crippen molar-refractivity contribution in [1.29, 1.82) is 0 Å². The first-order valence-corrected chi connectivity index (χ1v) is 7.74. The first kappa shape index (κ1) is 14.3. The molecule has 0 aliphatic heterocycles. The minimum absolute atomic E-state index is 0.238. The largest absolute Gasteiger partial charge is 0.361 e. The number of thiophene rings is 1. The average molecular weight is 313 g/mol. The molecule has 0 bridgehead atoms. The van der Waals surface area contributed by atoms with Crippen molar-refractivity contribution in [2.75, 3.05) is 5.32 Å². The number of nitrogens with one attached hydrogen (secondary N) is 3. The van der Waals surface area contributed by atoms with Crippen LogP contribution in [0.5, 0.6) is 0 Å². The van der Waals surface area contributed by atoms with Gasteiger partial charge < -0.3 is 15.6 Å². The van der Waals surface area contributed by atoms with Crippen LogP contribution in [0.15, 0.2) is 48.0 Å². The molecule has 2 amide bonds. The Bertz CT molecular complexity index is 808. The van der Waals surface area contributed by atoms with Gasteiger partial charge in [0.2, 0.25) is 5.91 Å². The third-order valence-corrected chi connectivity index (χ3v) is 4.21. The van der Waals surface area contributed by atoms with Gasteiger partial charge in [0.05, 0.1) is 10.6 Å². The zero-order valence-corrected chi connectivity index (χ0v) is 12.7. The predicted molar refractivity (Wildman–Crippen MR) is 88.2 cm³/mol. The van der Waals surface area contributed by atoms with E-state index in [1.54, 1.807) is 19.1 Å². The number of hydrogen-bond donors (Lipinski definition) is 3. The maximum absolute atomic E-state index is 12.3. The van der Waals surface area contributed by atoms with Gasteiger partial charge in [-0.25, -0.2) is 0 Å². The summed E-state index contributed by atoms with van der Waals surface area (Å²) in [6.45, 7) is 1.66. The second-order valence-corrected chi connectivity index (χ2v) is 5.85. The highest BCUT2D eigenvalue weighted by Crippen LogP contribution is 2.22. The van der Waals surface area contributed by atoms with E-state index in [1.165, 1.54) is 11.3 Å². The Balaban J connectivity index is 1.69. The van der Waals surface area contributed by atoms with Crippen molar-refractivity contribution >= 4 is 39.7 Å². The summed E-state index contributed by atoms with van der Waals surface area (Å²) in [5.41, 5.74) is 1.68. The summed E-state index contributed by atoms with van der Waals surface area (Å²) in [7, 11) is 0. The molecule has 2 heterocycles. The van der Waals surface area contributed by atoms with Gasteiger partial charge in [-0.3, -0.25) is 9.59 Å². The molecule has 112 valence electrons. The van der Waals surface area contributed by atoms with Crippen LogP contribution < -0.4 is 10.6 Å². The van der Waals surface area contributed by atoms with Crippen molar-refractivity contribution in [1.82, 2.24) is 10.3 Å². The van der Waals surface area contributed by atoms with Gasteiger partial charge in [0.25, 0.3) is 5.91 Å². The molecule has 5 nitrogen and oxygen atoms in total. The molecule has 1 aromatic carbocycles. The van der Waals surface area contributed by atoms with E-state index in [0.717, 1.165) is 16.6 Å². The van der Waals surface area contributed by atoms with Gasteiger partial charge in [-0.15, -0.1) is 11.3 Å². The fraction of sp³-hybridized carbons (Fsp3) is 0.125. The maximum Gasteiger partial charge on any atom is 0.261 e. The van der Waals surface area contributed by atoms with Crippen LogP contribution in [0.3, 0.4) is 0 Å². The normalized spacial score (nSPS) is 12.0. The Hall–Kier alpha value is -2.60. The molecule has 22 heavy (non-hydrogen) atoms. The van der Waals surface area contributed by atoms with Gasteiger partial charge in [-0.05, 0) is 36.6 Å². The molecule has 0 aliphatic rings. The minimum atomic E-state index is -0.621. The van der Waals surface area contributed by atoms with Gasteiger partial charge in [0, 0.05) is 17.1 Å². The van der Waals surface area contributed by atoms with Crippen LogP contribution in [0.1, 0.15) is 16.6 Å². The van der Waals surface area contributed by atoms with Gasteiger partial charge in [0.1, 0.15) is 6.04 Å². The summed E-state index contributed by atoms with van der Waals surface area (Å²) in [4.78, 5) is 27.9. The number of benzene rings is 1. The monoisotopic (exact) mass is 313 g/mol. The second kappa shape index (κ2) is 6.03. The fourth-order valence-corrected chi connectivity index (χ4v) is 2.80. The van der Waals surface area contributed by atoms with Crippen molar-refractivity contribution in [3.05, 3.63) is 52.9 Å². The van der Waals surface area contributed by atoms with Gasteiger partial charge in [-0.2, -0.15) is 0 Å². The molecule has 3 rings (SSSR count). The van der Waals surface area contributed by atoms with E-state index >= 15 is 0 Å². The van der Waals surface area contributed by atoms with Crippen LogP contribution in [0.2, 0.25) is 0 Å². The summed E-state index contributed by atoms with van der Waals surface area (Å²) in [5.74, 6) is -0.490. The van der Waals surface area contributed by atoms with Crippen LogP contribution in [-0.4, -0.2) is 22.8 Å². The number of carbonyl (C=O) groups excluding carboxylic acids is 2. The van der Waals surface area contributed by atoms with Gasteiger partial charge in [-0.1, -0.05) is 12.1 Å². The Labute approximate surface area is 131 Å². The number of carbonyl (C=O) groups is 2. The standard InChI is InChI=1S/C16H15N3O2S/c1-10(18-16(21)14-6-3-9-22-14)15(20)19-13-5-2-4-12-11(13)7-8-17-12/h2-10,17H,1H3,(H,18,21)(H,19,20). The minimum Gasteiger partial charge on any atom is -0.361 e. The lowest BCUT2D eigenvalue weighted by Gasteiger charge is -2.14. The van der Waals surface area contributed by atoms with Gasteiger partial charge >= 0.3 is 0 Å². The third-order valence-electron chi connectivity index (χ3n) is 3.34. The van der Waals surface area contributed by atoms with Gasteiger partial charge in [0.15, 0.2) is 0 Å². The second-order valence-electron chi connectivity index (χ2n) is 4.91. The summed E-state index contributed by atoms with van der Waals surface area (Å²) in [5, 5.41) is 8.31. The lowest BCUT2D eigenvalue weighted by atomic mass is 10.2. The molecule has 3 aromatic rings. The Morgan fingerprint density at radius 2 is 2.05 bits per heavy atom. The highest BCUT2D eigenvalue weighted by Gasteiger charge is 2.18. The molecular weight excluding hydrogens is 298 g/mol. The summed E-state index contributed by atoms with van der Waals surface area (Å²) >= 11 is 1.34. The van der Waals surface area contributed by atoms with Crippen LogP contribution in [0.4, 0.5) is 5.69 Å². The van der Waals surface area contributed by atoms with Crippen molar-refractivity contribution in [2.24, 2.45) is 0 Å². The zero-order chi connectivity index (χ0) is 15.5. The molecule has 6 heteroatoms. The molecule has 0 fully saturated rings. The van der Waals surface area contributed by atoms with E-state index < -0.39 is 6.04 Å². The highest BCUT2D eigenvalue weighted by molar-refractivity contribution is 7.12. The molecule has 0 radical (unpaired) electrons. The van der Waals surface area contributed by atoms with E-state index in [0.29, 0.717) is 4.88 Å². The number of amides is 2. The first-order valence-electron chi connectivity index (χ1n) is 6.86. The topological polar surface area (TPSA) is 74.0 Å². The van der Waals surface area contributed by atoms with Crippen LogP contribution in [0.25, 0.3) is 10.9 Å². The van der Waals surface area contributed by atoms with Crippen molar-refractivity contribution in [3.63, 3.8) is 0 Å². The van der Waals surface area contributed by atoms with Crippen LogP contribution in [-0.2, 0) is 4.79 Å². The van der Waals surface area contributed by atoms with Crippen molar-refractivity contribution in [3.8, 4) is 0 Å². The molecule has 1 unspecified atom stereocenters. The molecule has 0 saturated heterocycles. The lowest BCUT2D eigenvalue weighted by Crippen LogP contribution is -2.41. The molecular formula is C16H15N3O2S. The summed E-state index contributed by atoms with van der Waals surface area (Å²) < 4.78 is 0. The quantitative estimate of drug-likeness (QED) is 0.693. The fourth-order valence-electron chi connectivity index (χ4n) is 2.18. The molecule has 0 spiro atoms.